The Labute approximate surface area is 235 Å². The standard InChI is InChI=1S/C26H38N6O9/c1-9-10-31-15-18(29-22(27)30-19(15)33)32(24(31)36)20-17-16(39-26(7,8)40-17)13(38-20)11-37-21(34)14(12(2)3)28-23(35)41-25(4,5)6/h9,12-14,16-17,20H,1,10-11H2,2-8H3,(H,28,35)(H3,27,29,30,33)/t13-,14+,16-,17?,20-/m1/s1. The van der Waals surface area contributed by atoms with E-state index in [0.717, 1.165) is 0 Å². The first-order valence-corrected chi connectivity index (χ1v) is 13.3. The number of carbonyl (C=O) groups is 2. The summed E-state index contributed by atoms with van der Waals surface area (Å²) in [6.45, 7) is 15.5. The lowest BCUT2D eigenvalue weighted by Crippen LogP contribution is -2.48. The van der Waals surface area contributed by atoms with Crippen LogP contribution in [0.2, 0.25) is 0 Å². The Balaban J connectivity index is 1.61. The Morgan fingerprint density at radius 2 is 1.90 bits per heavy atom. The summed E-state index contributed by atoms with van der Waals surface area (Å²) < 4.78 is 31.6. The van der Waals surface area contributed by atoms with E-state index in [1.54, 1.807) is 48.5 Å². The molecule has 0 radical (unpaired) electrons. The fourth-order valence-corrected chi connectivity index (χ4v) is 4.91. The molecule has 4 heterocycles. The topological polar surface area (TPSA) is 191 Å². The van der Waals surface area contributed by atoms with Crippen molar-refractivity contribution in [1.29, 1.82) is 0 Å². The zero-order chi connectivity index (χ0) is 30.4. The molecule has 2 saturated heterocycles. The van der Waals surface area contributed by atoms with Crippen molar-refractivity contribution < 1.29 is 33.3 Å². The lowest BCUT2D eigenvalue weighted by atomic mass is 10.1. The van der Waals surface area contributed by atoms with Gasteiger partial charge in [-0.05, 0) is 40.5 Å². The quantitative estimate of drug-likeness (QED) is 0.301. The number of nitrogens with one attached hydrogen (secondary N) is 2. The highest BCUT2D eigenvalue weighted by atomic mass is 16.8. The monoisotopic (exact) mass is 578 g/mol. The third-order valence-corrected chi connectivity index (χ3v) is 6.50. The molecular weight excluding hydrogens is 540 g/mol. The van der Waals surface area contributed by atoms with Crippen LogP contribution in [0.4, 0.5) is 10.7 Å². The number of nitrogens with two attached hydrogens (primary N) is 1. The number of ether oxygens (including phenoxy) is 5. The lowest BCUT2D eigenvalue weighted by molar-refractivity contribution is -0.202. The highest BCUT2D eigenvalue weighted by Crippen LogP contribution is 2.43. The van der Waals surface area contributed by atoms with E-state index in [1.165, 1.54) is 15.2 Å². The van der Waals surface area contributed by atoms with E-state index in [9.17, 15) is 19.2 Å². The molecule has 2 aliphatic rings. The molecule has 0 aromatic carbocycles. The molecule has 2 fully saturated rings. The molecule has 5 atom stereocenters. The van der Waals surface area contributed by atoms with E-state index in [-0.39, 0.29) is 36.2 Å². The summed E-state index contributed by atoms with van der Waals surface area (Å²) >= 11 is 0. The zero-order valence-corrected chi connectivity index (χ0v) is 24.3. The third-order valence-electron chi connectivity index (χ3n) is 6.50. The number of allylic oxidation sites excluding steroid dienone is 1. The van der Waals surface area contributed by atoms with Crippen LogP contribution < -0.4 is 22.3 Å². The second-order valence-corrected chi connectivity index (χ2v) is 11.8. The minimum Gasteiger partial charge on any atom is -0.461 e. The number of aromatic nitrogens is 4. The van der Waals surface area contributed by atoms with E-state index in [4.69, 9.17) is 29.4 Å². The van der Waals surface area contributed by atoms with Crippen molar-refractivity contribution in [2.75, 3.05) is 12.3 Å². The SMILES string of the molecule is C=CCn1c(=O)n([C@@H]2O[C@H](COC(=O)[C@@H](NC(=O)OC(C)(C)C)C(C)C)[C@H]3OC(C)(C)OC23)c2nc(N)[nH]c(=O)c21. The maximum atomic E-state index is 13.5. The van der Waals surface area contributed by atoms with E-state index in [0.29, 0.717) is 0 Å². The summed E-state index contributed by atoms with van der Waals surface area (Å²) in [5.74, 6) is -2.25. The number of nitrogens with zero attached hydrogens (tertiary/aromatic N) is 3. The fourth-order valence-electron chi connectivity index (χ4n) is 4.91. The van der Waals surface area contributed by atoms with Gasteiger partial charge in [0.25, 0.3) is 5.56 Å². The Bertz CT molecular complexity index is 1450. The van der Waals surface area contributed by atoms with E-state index < -0.39 is 65.3 Å². The number of anilines is 1. The lowest BCUT2D eigenvalue weighted by Gasteiger charge is -2.26. The van der Waals surface area contributed by atoms with Gasteiger partial charge in [-0.25, -0.2) is 19.0 Å². The van der Waals surface area contributed by atoms with E-state index in [2.05, 4.69) is 21.9 Å². The van der Waals surface area contributed by atoms with E-state index >= 15 is 0 Å². The van der Waals surface area contributed by atoms with Gasteiger partial charge in [-0.2, -0.15) is 4.98 Å². The van der Waals surface area contributed by atoms with Crippen molar-refractivity contribution in [1.82, 2.24) is 24.4 Å². The molecule has 15 nitrogen and oxygen atoms in total. The normalized spacial score (nSPS) is 24.3. The molecule has 0 saturated carbocycles. The van der Waals surface area contributed by atoms with Crippen LogP contribution in [0.15, 0.2) is 22.2 Å². The summed E-state index contributed by atoms with van der Waals surface area (Å²) in [7, 11) is 0. The molecule has 15 heteroatoms. The molecule has 0 aliphatic carbocycles. The zero-order valence-electron chi connectivity index (χ0n) is 24.3. The molecule has 41 heavy (non-hydrogen) atoms. The number of rotatable bonds is 8. The largest absolute Gasteiger partial charge is 0.461 e. The Kier molecular flexibility index (Phi) is 8.08. The smallest absolute Gasteiger partial charge is 0.408 e. The summed E-state index contributed by atoms with van der Waals surface area (Å²) in [6, 6.07) is -0.992. The Morgan fingerprint density at radius 3 is 2.51 bits per heavy atom. The number of alkyl carbamates (subject to hydrolysis) is 1. The molecule has 4 N–H and O–H groups in total. The van der Waals surface area contributed by atoms with Crippen LogP contribution in [0.3, 0.4) is 0 Å². The first kappa shape index (κ1) is 30.3. The summed E-state index contributed by atoms with van der Waals surface area (Å²) in [4.78, 5) is 58.3. The second-order valence-electron chi connectivity index (χ2n) is 11.8. The predicted molar refractivity (Wildman–Crippen MR) is 146 cm³/mol. The highest BCUT2D eigenvalue weighted by molar-refractivity contribution is 5.81. The van der Waals surface area contributed by atoms with Crippen LogP contribution in [0.5, 0.6) is 0 Å². The Hall–Kier alpha value is -3.69. The molecule has 2 aromatic rings. The number of nitrogen functional groups attached to an aromatic ring is 1. The van der Waals surface area contributed by atoms with Crippen molar-refractivity contribution in [3.63, 3.8) is 0 Å². The van der Waals surface area contributed by atoms with Crippen molar-refractivity contribution in [3.05, 3.63) is 33.5 Å². The van der Waals surface area contributed by atoms with Gasteiger partial charge in [0, 0.05) is 6.54 Å². The van der Waals surface area contributed by atoms with E-state index in [1.807, 2.05) is 0 Å². The highest BCUT2D eigenvalue weighted by Gasteiger charge is 2.57. The number of carbonyl (C=O) groups excluding carboxylic acids is 2. The average Bonchev–Trinajstić information content (AvgIpc) is 3.41. The molecule has 0 bridgehead atoms. The molecule has 2 aromatic heterocycles. The first-order chi connectivity index (χ1) is 19.0. The summed E-state index contributed by atoms with van der Waals surface area (Å²) in [6.07, 6.45) is -2.82. The van der Waals surface area contributed by atoms with Crippen LogP contribution in [0, 0.1) is 5.92 Å². The van der Waals surface area contributed by atoms with Crippen LogP contribution in [-0.4, -0.2) is 73.5 Å². The average molecular weight is 579 g/mol. The molecular formula is C26H38N6O9. The first-order valence-electron chi connectivity index (χ1n) is 13.3. The molecule has 226 valence electrons. The number of amides is 1. The summed E-state index contributed by atoms with van der Waals surface area (Å²) in [5.41, 5.74) is 3.83. The number of hydrogen-bond acceptors (Lipinski definition) is 11. The number of hydrogen-bond donors (Lipinski definition) is 3. The summed E-state index contributed by atoms with van der Waals surface area (Å²) in [5, 5.41) is 2.55. The maximum absolute atomic E-state index is 13.5. The molecule has 4 rings (SSSR count). The number of imidazole rings is 1. The van der Waals surface area contributed by atoms with Gasteiger partial charge in [-0.1, -0.05) is 19.9 Å². The van der Waals surface area contributed by atoms with Gasteiger partial charge >= 0.3 is 17.8 Å². The van der Waals surface area contributed by atoms with Crippen molar-refractivity contribution in [2.45, 2.75) is 97.0 Å². The Morgan fingerprint density at radius 1 is 1.24 bits per heavy atom. The van der Waals surface area contributed by atoms with Gasteiger partial charge in [-0.15, -0.1) is 6.58 Å². The second kappa shape index (κ2) is 10.9. The van der Waals surface area contributed by atoms with Gasteiger partial charge in [0.05, 0.1) is 0 Å². The molecule has 1 unspecified atom stereocenters. The molecule has 1 amide bonds. The maximum Gasteiger partial charge on any atom is 0.408 e. The molecule has 2 aliphatic heterocycles. The van der Waals surface area contributed by atoms with Crippen LogP contribution >= 0.6 is 0 Å². The predicted octanol–water partition coefficient (Wildman–Crippen LogP) is 1.16. The third kappa shape index (κ3) is 6.16. The van der Waals surface area contributed by atoms with Gasteiger partial charge in [0.1, 0.15) is 36.6 Å². The number of fused-ring (bicyclic) bond motifs is 2. The van der Waals surface area contributed by atoms with Crippen molar-refractivity contribution >= 4 is 29.2 Å². The van der Waals surface area contributed by atoms with Gasteiger partial charge < -0.3 is 34.7 Å². The van der Waals surface area contributed by atoms with Gasteiger partial charge in [0.2, 0.25) is 5.95 Å². The molecule has 0 spiro atoms. The van der Waals surface area contributed by atoms with Crippen molar-refractivity contribution in [2.24, 2.45) is 5.92 Å². The number of aromatic amines is 1. The van der Waals surface area contributed by atoms with Crippen molar-refractivity contribution in [3.8, 4) is 0 Å². The van der Waals surface area contributed by atoms with Crippen LogP contribution in [-0.2, 0) is 35.0 Å². The minimum absolute atomic E-state index is 0.00534. The van der Waals surface area contributed by atoms with Crippen LogP contribution in [0.25, 0.3) is 11.2 Å². The number of H-pyrrole nitrogens is 1. The van der Waals surface area contributed by atoms with Gasteiger partial charge in [0.15, 0.2) is 23.2 Å². The fraction of sp³-hybridized carbons (Fsp3) is 0.654. The van der Waals surface area contributed by atoms with Gasteiger partial charge in [-0.3, -0.25) is 14.3 Å². The minimum atomic E-state index is -1.10. The number of esters is 1. The van der Waals surface area contributed by atoms with Crippen LogP contribution in [0.1, 0.15) is 54.7 Å².